The van der Waals surface area contributed by atoms with Crippen LogP contribution < -0.4 is 0 Å². The number of rotatable bonds is 2. The van der Waals surface area contributed by atoms with Crippen LogP contribution in [0.25, 0.3) is 0 Å². The second-order valence-corrected chi connectivity index (χ2v) is 13.3. The van der Waals surface area contributed by atoms with Gasteiger partial charge in [0.2, 0.25) is 12.1 Å². The number of aliphatic hydroxyl groups is 2. The molecule has 9 aliphatic rings. The Balaban J connectivity index is 1.12. The van der Waals surface area contributed by atoms with Gasteiger partial charge in [-0.1, -0.05) is 18.6 Å². The van der Waals surface area contributed by atoms with Gasteiger partial charge in [-0.15, -0.1) is 0 Å². The second kappa shape index (κ2) is 7.36. The lowest BCUT2D eigenvalue weighted by molar-refractivity contribution is -0.454. The summed E-state index contributed by atoms with van der Waals surface area (Å²) < 4.78 is 30.5. The highest BCUT2D eigenvalue weighted by atomic mass is 16.8. The molecule has 5 aliphatic heterocycles. The van der Waals surface area contributed by atoms with E-state index < -0.39 is 35.3 Å². The number of hydrogen-bond acceptors (Lipinski definition) is 9. The van der Waals surface area contributed by atoms with Crippen molar-refractivity contribution in [2.24, 2.45) is 22.7 Å². The van der Waals surface area contributed by atoms with Crippen LogP contribution in [0.4, 0.5) is 0 Å². The quantitative estimate of drug-likeness (QED) is 0.315. The van der Waals surface area contributed by atoms with E-state index in [0.717, 1.165) is 49.5 Å². The number of allylic oxidation sites excluding steroid dienone is 1. The lowest BCUT2D eigenvalue weighted by Gasteiger charge is -2.72. The number of carbonyl (C=O) groups excluding carboxylic acids is 2. The van der Waals surface area contributed by atoms with Gasteiger partial charge in [0.25, 0.3) is 0 Å². The van der Waals surface area contributed by atoms with Crippen LogP contribution in [0.2, 0.25) is 0 Å². The van der Waals surface area contributed by atoms with E-state index in [0.29, 0.717) is 19.4 Å². The van der Waals surface area contributed by atoms with Crippen LogP contribution in [0.3, 0.4) is 0 Å². The Kier molecular flexibility index (Phi) is 4.69. The van der Waals surface area contributed by atoms with Gasteiger partial charge in [0.15, 0.2) is 0 Å². The van der Waals surface area contributed by atoms with E-state index in [2.05, 4.69) is 13.0 Å². The van der Waals surface area contributed by atoms with Crippen molar-refractivity contribution in [3.8, 4) is 0 Å². The molecule has 0 amide bonds. The first kappa shape index (κ1) is 24.2. The fourth-order valence-corrected chi connectivity index (χ4v) is 10.3. The minimum atomic E-state index is -1.95. The molecule has 1 spiro atoms. The van der Waals surface area contributed by atoms with Gasteiger partial charge >= 0.3 is 5.97 Å². The molecule has 0 aromatic heterocycles. The topological polar surface area (TPSA) is 121 Å². The Bertz CT molecular complexity index is 1180. The molecule has 2 N–H and O–H groups in total. The van der Waals surface area contributed by atoms with Gasteiger partial charge in [-0.05, 0) is 63.7 Å². The molecule has 1 unspecified atom stereocenters. The van der Waals surface area contributed by atoms with Gasteiger partial charge in [-0.2, -0.15) is 0 Å². The molecule has 9 nitrogen and oxygen atoms in total. The zero-order valence-corrected chi connectivity index (χ0v) is 21.9. The standard InChI is InChI=1S/C29H36O9/c1-15-9-22(31)29(33)24(35-15)36-20-10-16-3-4-19-18(26(16,14-30)12-21(20)37-29)5-6-25(2)27(7-8-28(19,25)38-27)17-11-23(32)34-13-17/h3,11,14-15,18-22,24,31,33H,4-10,12-13H2,1-2H3/t15-,18+,19?,20-,21-,22+,24+,25-,26-,27+,28-,29+/m1/s1. The zero-order valence-electron chi connectivity index (χ0n) is 21.9. The third-order valence-corrected chi connectivity index (χ3v) is 12.1. The highest BCUT2D eigenvalue weighted by molar-refractivity contribution is 5.86. The first-order chi connectivity index (χ1) is 18.1. The van der Waals surface area contributed by atoms with Gasteiger partial charge in [-0.3, -0.25) is 0 Å². The lowest BCUT2D eigenvalue weighted by Crippen LogP contribution is -2.76. The van der Waals surface area contributed by atoms with Crippen LogP contribution in [0.1, 0.15) is 65.2 Å². The summed E-state index contributed by atoms with van der Waals surface area (Å²) in [6, 6.07) is 0. The van der Waals surface area contributed by atoms with E-state index in [4.69, 9.17) is 23.7 Å². The molecule has 7 fully saturated rings. The molecule has 5 heterocycles. The number of aldehydes is 1. The van der Waals surface area contributed by atoms with E-state index in [1.807, 2.05) is 6.92 Å². The van der Waals surface area contributed by atoms with Crippen LogP contribution in [-0.2, 0) is 33.3 Å². The maximum Gasteiger partial charge on any atom is 0.331 e. The molecule has 0 aromatic carbocycles. The predicted molar refractivity (Wildman–Crippen MR) is 129 cm³/mol. The second-order valence-electron chi connectivity index (χ2n) is 13.3. The van der Waals surface area contributed by atoms with Crippen molar-refractivity contribution in [1.82, 2.24) is 0 Å². The molecule has 4 aliphatic carbocycles. The largest absolute Gasteiger partial charge is 0.458 e. The zero-order chi connectivity index (χ0) is 26.3. The summed E-state index contributed by atoms with van der Waals surface area (Å²) in [6.45, 7) is 4.46. The van der Waals surface area contributed by atoms with Crippen molar-refractivity contribution >= 4 is 12.3 Å². The van der Waals surface area contributed by atoms with Crippen molar-refractivity contribution in [1.29, 1.82) is 0 Å². The molecule has 9 heteroatoms. The van der Waals surface area contributed by atoms with E-state index >= 15 is 0 Å². The Morgan fingerprint density at radius 2 is 1.95 bits per heavy atom. The van der Waals surface area contributed by atoms with Crippen molar-refractivity contribution in [3.63, 3.8) is 0 Å². The molecule has 4 saturated heterocycles. The molecule has 38 heavy (non-hydrogen) atoms. The number of ether oxygens (including phenoxy) is 5. The molecule has 12 atom stereocenters. The molecule has 3 saturated carbocycles. The van der Waals surface area contributed by atoms with Crippen molar-refractivity contribution in [2.75, 3.05) is 6.61 Å². The van der Waals surface area contributed by atoms with E-state index in [9.17, 15) is 19.8 Å². The monoisotopic (exact) mass is 528 g/mol. The van der Waals surface area contributed by atoms with Gasteiger partial charge in [-0.25, -0.2) is 4.79 Å². The van der Waals surface area contributed by atoms with Crippen LogP contribution >= 0.6 is 0 Å². The minimum absolute atomic E-state index is 0.0871. The number of aliphatic hydroxyl groups excluding tert-OH is 1. The third-order valence-electron chi connectivity index (χ3n) is 12.1. The minimum Gasteiger partial charge on any atom is -0.458 e. The highest BCUT2D eigenvalue weighted by Gasteiger charge is 2.83. The predicted octanol–water partition coefficient (Wildman–Crippen LogP) is 2.08. The Morgan fingerprint density at radius 1 is 1.11 bits per heavy atom. The van der Waals surface area contributed by atoms with Crippen LogP contribution in [0.15, 0.2) is 23.3 Å². The Morgan fingerprint density at radius 3 is 2.71 bits per heavy atom. The summed E-state index contributed by atoms with van der Waals surface area (Å²) in [5.41, 5.74) is 0.430. The summed E-state index contributed by atoms with van der Waals surface area (Å²) in [4.78, 5) is 25.0. The smallest absolute Gasteiger partial charge is 0.331 e. The summed E-state index contributed by atoms with van der Waals surface area (Å²) in [5, 5.41) is 22.0. The first-order valence-corrected chi connectivity index (χ1v) is 14.2. The van der Waals surface area contributed by atoms with Crippen molar-refractivity contribution in [3.05, 3.63) is 23.3 Å². The first-order valence-electron chi connectivity index (χ1n) is 14.2. The average Bonchev–Trinajstić information content (AvgIpc) is 3.57. The number of carbonyl (C=O) groups is 2. The normalized spacial score (nSPS) is 58.1. The molecule has 0 aromatic rings. The maximum absolute atomic E-state index is 13.1. The van der Waals surface area contributed by atoms with Gasteiger partial charge in [0.05, 0.1) is 29.3 Å². The Hall–Kier alpha value is -1.62. The summed E-state index contributed by atoms with van der Waals surface area (Å²) in [7, 11) is 0. The summed E-state index contributed by atoms with van der Waals surface area (Å²) in [6.07, 6.45) is 7.21. The molecule has 9 rings (SSSR count). The van der Waals surface area contributed by atoms with Crippen molar-refractivity contribution in [2.45, 2.75) is 113 Å². The fraction of sp³-hybridized carbons (Fsp3) is 0.793. The van der Waals surface area contributed by atoms with E-state index in [-0.39, 0.29) is 47.4 Å². The van der Waals surface area contributed by atoms with Crippen LogP contribution in [-0.4, -0.2) is 76.8 Å². The number of cyclic esters (lactones) is 1. The number of fused-ring (bicyclic) bond motifs is 6. The van der Waals surface area contributed by atoms with Crippen LogP contribution in [0, 0.1) is 22.7 Å². The molecule has 2 bridgehead atoms. The van der Waals surface area contributed by atoms with Gasteiger partial charge in [0, 0.05) is 23.5 Å². The fourth-order valence-electron chi connectivity index (χ4n) is 10.3. The SMILES string of the molecule is C[C@@H]1C[C@H](O)[C@]2(O)O[C@@H]3C[C@@]4(C=O)C(=CCC5[C@@H]4CC[C@]4(C)[C@@]6(C7=CC(=O)OC7)CC[C@@]54O6)C[C@H]3O[C@@H]2O1. The number of esters is 1. The molecule has 206 valence electrons. The average molecular weight is 529 g/mol. The van der Waals surface area contributed by atoms with Crippen LogP contribution in [0.5, 0.6) is 0 Å². The molecule has 0 radical (unpaired) electrons. The maximum atomic E-state index is 13.1. The van der Waals surface area contributed by atoms with Gasteiger partial charge in [0.1, 0.15) is 24.6 Å². The Labute approximate surface area is 221 Å². The molecular formula is C29H36O9. The van der Waals surface area contributed by atoms with E-state index in [1.165, 1.54) is 0 Å². The lowest BCUT2D eigenvalue weighted by atomic mass is 9.42. The third kappa shape index (κ3) is 2.56. The summed E-state index contributed by atoms with van der Waals surface area (Å²) in [5.74, 6) is -1.98. The van der Waals surface area contributed by atoms with Gasteiger partial charge < -0.3 is 38.7 Å². The van der Waals surface area contributed by atoms with Crippen molar-refractivity contribution < 1.29 is 43.5 Å². The number of hydrogen-bond donors (Lipinski definition) is 2. The van der Waals surface area contributed by atoms with E-state index in [1.54, 1.807) is 6.08 Å². The summed E-state index contributed by atoms with van der Waals surface area (Å²) >= 11 is 0. The highest BCUT2D eigenvalue weighted by Crippen LogP contribution is 2.79. The molecular weight excluding hydrogens is 492 g/mol.